The Morgan fingerprint density at radius 1 is 1.00 bits per heavy atom. The topological polar surface area (TPSA) is 53.8 Å². The van der Waals surface area contributed by atoms with Crippen LogP contribution < -0.4 is 10.3 Å². The lowest BCUT2D eigenvalue weighted by atomic mass is 10.1. The molecule has 0 radical (unpaired) electrons. The summed E-state index contributed by atoms with van der Waals surface area (Å²) in [5, 5.41) is 1.20. The number of hydrogen-bond acceptors (Lipinski definition) is 4. The highest BCUT2D eigenvalue weighted by Crippen LogP contribution is 2.25. The maximum absolute atomic E-state index is 12.9. The summed E-state index contributed by atoms with van der Waals surface area (Å²) in [6.07, 6.45) is 0. The second kappa shape index (κ2) is 7.32. The maximum atomic E-state index is 12.9. The van der Waals surface area contributed by atoms with Crippen molar-refractivity contribution in [3.8, 4) is 0 Å². The van der Waals surface area contributed by atoms with Crippen molar-refractivity contribution >= 4 is 34.2 Å². The summed E-state index contributed by atoms with van der Waals surface area (Å²) in [6, 6.07) is 12.5. The van der Waals surface area contributed by atoms with E-state index in [9.17, 15) is 9.59 Å². The van der Waals surface area contributed by atoms with E-state index in [1.165, 1.54) is 6.07 Å². The molecule has 0 unspecified atom stereocenters. The number of hydrogen-bond donors (Lipinski definition) is 0. The fourth-order valence-electron chi connectivity index (χ4n) is 3.61. The fraction of sp³-hybridized carbons (Fsp3) is 0.273. The molecule has 1 fully saturated rings. The van der Waals surface area contributed by atoms with Crippen LogP contribution >= 0.6 is 11.6 Å². The van der Waals surface area contributed by atoms with E-state index in [0.29, 0.717) is 42.2 Å². The van der Waals surface area contributed by atoms with Crippen molar-refractivity contribution in [3.05, 3.63) is 74.6 Å². The van der Waals surface area contributed by atoms with Gasteiger partial charge in [-0.2, -0.15) is 0 Å². The fourth-order valence-corrected chi connectivity index (χ4v) is 3.77. The quantitative estimate of drug-likeness (QED) is 0.656. The minimum atomic E-state index is -0.248. The number of halogens is 1. The largest absolute Gasteiger partial charge is 0.451 e. The Hall–Kier alpha value is -2.79. The van der Waals surface area contributed by atoms with Gasteiger partial charge in [-0.15, -0.1) is 0 Å². The van der Waals surface area contributed by atoms with E-state index in [4.69, 9.17) is 16.0 Å². The van der Waals surface area contributed by atoms with Gasteiger partial charge in [-0.05, 0) is 43.7 Å². The van der Waals surface area contributed by atoms with Crippen LogP contribution in [0.25, 0.3) is 11.0 Å². The van der Waals surface area contributed by atoms with Crippen LogP contribution in [0, 0.1) is 13.8 Å². The third kappa shape index (κ3) is 3.50. The molecule has 0 atom stereocenters. The Morgan fingerprint density at radius 2 is 1.75 bits per heavy atom. The van der Waals surface area contributed by atoms with E-state index < -0.39 is 0 Å². The normalized spacial score (nSPS) is 14.5. The van der Waals surface area contributed by atoms with E-state index >= 15 is 0 Å². The molecular formula is C22H21ClN2O3. The lowest BCUT2D eigenvalue weighted by molar-refractivity contribution is 0.0715. The van der Waals surface area contributed by atoms with Gasteiger partial charge < -0.3 is 14.2 Å². The second-order valence-corrected chi connectivity index (χ2v) is 7.62. The summed E-state index contributed by atoms with van der Waals surface area (Å²) < 4.78 is 5.74. The molecule has 28 heavy (non-hydrogen) atoms. The first-order chi connectivity index (χ1) is 13.4. The number of aryl methyl sites for hydroxylation is 2. The van der Waals surface area contributed by atoms with Crippen molar-refractivity contribution in [2.75, 3.05) is 31.1 Å². The van der Waals surface area contributed by atoms with Crippen LogP contribution in [-0.4, -0.2) is 37.0 Å². The molecule has 0 N–H and O–H groups in total. The number of carbonyl (C=O) groups is 1. The zero-order chi connectivity index (χ0) is 19.8. The van der Waals surface area contributed by atoms with Crippen molar-refractivity contribution < 1.29 is 9.21 Å². The minimum absolute atomic E-state index is 0.0914. The molecule has 1 aliphatic rings. The van der Waals surface area contributed by atoms with Crippen molar-refractivity contribution in [1.82, 2.24) is 4.90 Å². The number of rotatable bonds is 2. The smallest absolute Gasteiger partial charge is 0.289 e. The summed E-state index contributed by atoms with van der Waals surface area (Å²) in [5.74, 6) is -0.157. The van der Waals surface area contributed by atoms with E-state index in [2.05, 4.69) is 11.8 Å². The molecule has 1 aromatic heterocycles. The highest BCUT2D eigenvalue weighted by atomic mass is 35.5. The molecule has 0 saturated carbocycles. The first-order valence-electron chi connectivity index (χ1n) is 9.27. The van der Waals surface area contributed by atoms with Crippen molar-refractivity contribution in [3.63, 3.8) is 0 Å². The molecule has 4 rings (SSSR count). The van der Waals surface area contributed by atoms with Crippen LogP contribution in [0.5, 0.6) is 0 Å². The van der Waals surface area contributed by atoms with Crippen molar-refractivity contribution in [1.29, 1.82) is 0 Å². The molecule has 6 heteroatoms. The molecule has 1 saturated heterocycles. The third-order valence-corrected chi connectivity index (χ3v) is 5.41. The number of anilines is 1. The van der Waals surface area contributed by atoms with Gasteiger partial charge in [0, 0.05) is 43.0 Å². The highest BCUT2D eigenvalue weighted by Gasteiger charge is 2.25. The van der Waals surface area contributed by atoms with Crippen LogP contribution in [0.4, 0.5) is 5.69 Å². The van der Waals surface area contributed by atoms with Crippen LogP contribution in [-0.2, 0) is 0 Å². The molecule has 5 nitrogen and oxygen atoms in total. The van der Waals surface area contributed by atoms with Gasteiger partial charge in [-0.3, -0.25) is 9.59 Å². The van der Waals surface area contributed by atoms with E-state index in [-0.39, 0.29) is 17.1 Å². The SMILES string of the molecule is Cc1ccc2oc(C(=O)N3CCN(c4cc(Cl)ccc4C)CC3)cc(=O)c2c1. The minimum Gasteiger partial charge on any atom is -0.451 e. The van der Waals surface area contributed by atoms with Crippen LogP contribution in [0.2, 0.25) is 5.02 Å². The monoisotopic (exact) mass is 396 g/mol. The van der Waals surface area contributed by atoms with Gasteiger partial charge in [-0.25, -0.2) is 0 Å². The van der Waals surface area contributed by atoms with Gasteiger partial charge >= 0.3 is 0 Å². The zero-order valence-corrected chi connectivity index (χ0v) is 16.6. The van der Waals surface area contributed by atoms with Crippen LogP contribution in [0.3, 0.4) is 0 Å². The van der Waals surface area contributed by atoms with Gasteiger partial charge in [0.05, 0.1) is 5.39 Å². The molecule has 0 bridgehead atoms. The summed E-state index contributed by atoms with van der Waals surface area (Å²) >= 11 is 6.13. The third-order valence-electron chi connectivity index (χ3n) is 5.17. The zero-order valence-electron chi connectivity index (χ0n) is 15.9. The lowest BCUT2D eigenvalue weighted by Gasteiger charge is -2.36. The van der Waals surface area contributed by atoms with E-state index in [1.807, 2.05) is 31.2 Å². The Labute approximate surface area is 168 Å². The van der Waals surface area contributed by atoms with Gasteiger partial charge in [0.15, 0.2) is 11.2 Å². The summed E-state index contributed by atoms with van der Waals surface area (Å²) in [5.41, 5.74) is 3.47. The summed E-state index contributed by atoms with van der Waals surface area (Å²) in [7, 11) is 0. The number of fused-ring (bicyclic) bond motifs is 1. The molecular weight excluding hydrogens is 376 g/mol. The van der Waals surface area contributed by atoms with Crippen LogP contribution in [0.15, 0.2) is 51.7 Å². The Balaban J connectivity index is 1.53. The molecule has 144 valence electrons. The molecule has 1 amide bonds. The number of amides is 1. The first kappa shape index (κ1) is 18.6. The Bertz CT molecular complexity index is 1110. The van der Waals surface area contributed by atoms with Gasteiger partial charge in [-0.1, -0.05) is 29.3 Å². The van der Waals surface area contributed by atoms with E-state index in [0.717, 1.165) is 16.8 Å². The predicted molar refractivity (Wildman–Crippen MR) is 112 cm³/mol. The standard InChI is InChI=1S/C22H21ClN2O3/c1-14-3-6-20-17(11-14)19(26)13-21(28-20)22(27)25-9-7-24(8-10-25)18-12-16(23)5-4-15(18)2/h3-6,11-13H,7-10H2,1-2H3. The van der Waals surface area contributed by atoms with Gasteiger partial charge in [0.2, 0.25) is 0 Å². The number of piperazine rings is 1. The number of benzene rings is 2. The van der Waals surface area contributed by atoms with Crippen LogP contribution in [0.1, 0.15) is 21.7 Å². The van der Waals surface area contributed by atoms with Crippen molar-refractivity contribution in [2.24, 2.45) is 0 Å². The summed E-state index contributed by atoms with van der Waals surface area (Å²) in [4.78, 5) is 29.2. The van der Waals surface area contributed by atoms with Crippen molar-refractivity contribution in [2.45, 2.75) is 13.8 Å². The maximum Gasteiger partial charge on any atom is 0.289 e. The molecule has 0 aliphatic carbocycles. The number of nitrogens with zero attached hydrogens (tertiary/aromatic N) is 2. The molecule has 2 heterocycles. The average Bonchev–Trinajstić information content (AvgIpc) is 2.70. The summed E-state index contributed by atoms with van der Waals surface area (Å²) in [6.45, 7) is 6.47. The predicted octanol–water partition coefficient (Wildman–Crippen LogP) is 4.03. The molecule has 3 aromatic rings. The second-order valence-electron chi connectivity index (χ2n) is 7.18. The lowest BCUT2D eigenvalue weighted by Crippen LogP contribution is -2.49. The average molecular weight is 397 g/mol. The van der Waals surface area contributed by atoms with Gasteiger partial charge in [0.25, 0.3) is 5.91 Å². The number of carbonyl (C=O) groups excluding carboxylic acids is 1. The Morgan fingerprint density at radius 3 is 2.50 bits per heavy atom. The highest BCUT2D eigenvalue weighted by molar-refractivity contribution is 6.30. The first-order valence-corrected chi connectivity index (χ1v) is 9.65. The molecule has 1 aliphatic heterocycles. The van der Waals surface area contributed by atoms with E-state index in [1.54, 1.807) is 17.0 Å². The Kier molecular flexibility index (Phi) is 4.85. The molecule has 0 spiro atoms. The molecule has 2 aromatic carbocycles. The van der Waals surface area contributed by atoms with Gasteiger partial charge in [0.1, 0.15) is 5.58 Å².